The Balaban J connectivity index is 1.81. The van der Waals surface area contributed by atoms with E-state index in [0.29, 0.717) is 23.8 Å². The lowest BCUT2D eigenvalue weighted by atomic mass is 10.0. The third-order valence-corrected chi connectivity index (χ3v) is 4.95. The van der Waals surface area contributed by atoms with Gasteiger partial charge in [0.15, 0.2) is 0 Å². The summed E-state index contributed by atoms with van der Waals surface area (Å²) >= 11 is 0. The van der Waals surface area contributed by atoms with Gasteiger partial charge in [-0.05, 0) is 47.4 Å². The molecule has 0 bridgehead atoms. The fourth-order valence-electron chi connectivity index (χ4n) is 3.44. The molecule has 0 radical (unpaired) electrons. The van der Waals surface area contributed by atoms with Crippen molar-refractivity contribution in [3.05, 3.63) is 89.1 Å². The molecule has 4 rings (SSSR count). The van der Waals surface area contributed by atoms with Gasteiger partial charge in [0, 0.05) is 6.07 Å². The van der Waals surface area contributed by atoms with E-state index in [4.69, 9.17) is 10.5 Å². The van der Waals surface area contributed by atoms with Crippen LogP contribution >= 0.6 is 0 Å². The Morgan fingerprint density at radius 2 is 1.79 bits per heavy atom. The molecule has 28 heavy (non-hydrogen) atoms. The quantitative estimate of drug-likeness (QED) is 0.514. The van der Waals surface area contributed by atoms with Crippen LogP contribution in [0, 0.1) is 25.2 Å². The summed E-state index contributed by atoms with van der Waals surface area (Å²) in [7, 11) is 0. The molecule has 2 N–H and O–H groups in total. The minimum Gasteiger partial charge on any atom is -0.438 e. The van der Waals surface area contributed by atoms with Crippen LogP contribution in [0.25, 0.3) is 10.8 Å². The summed E-state index contributed by atoms with van der Waals surface area (Å²) in [6.45, 7) is 4.52. The van der Waals surface area contributed by atoms with Gasteiger partial charge in [-0.1, -0.05) is 54.6 Å². The lowest BCUT2D eigenvalue weighted by molar-refractivity contribution is 0.434. The second kappa shape index (κ2) is 7.13. The molecule has 0 aliphatic heterocycles. The van der Waals surface area contributed by atoms with E-state index < -0.39 is 0 Å². The van der Waals surface area contributed by atoms with Crippen LogP contribution < -0.4 is 10.5 Å². The highest BCUT2D eigenvalue weighted by molar-refractivity contribution is 5.85. The van der Waals surface area contributed by atoms with Crippen molar-refractivity contribution < 1.29 is 4.74 Å². The van der Waals surface area contributed by atoms with E-state index in [1.165, 1.54) is 0 Å². The van der Waals surface area contributed by atoms with Gasteiger partial charge in [-0.25, -0.2) is 0 Å². The van der Waals surface area contributed by atoms with E-state index >= 15 is 0 Å². The Labute approximate surface area is 164 Å². The third-order valence-electron chi connectivity index (χ3n) is 4.95. The van der Waals surface area contributed by atoms with Gasteiger partial charge in [-0.3, -0.25) is 4.57 Å². The first-order valence-electron chi connectivity index (χ1n) is 9.17. The van der Waals surface area contributed by atoms with Crippen molar-refractivity contribution in [2.45, 2.75) is 20.4 Å². The summed E-state index contributed by atoms with van der Waals surface area (Å²) < 4.78 is 8.05. The number of ether oxygens (including phenoxy) is 1. The SMILES string of the molecule is Cc1ccc(C)c(Oc2c(N)cc(C#N)n2Cc2cccc3ccccc23)c1. The van der Waals surface area contributed by atoms with Crippen LogP contribution in [0.5, 0.6) is 11.6 Å². The number of nitrogens with two attached hydrogens (primary N) is 1. The van der Waals surface area contributed by atoms with Crippen LogP contribution in [-0.2, 0) is 6.54 Å². The second-order valence-electron chi connectivity index (χ2n) is 7.00. The van der Waals surface area contributed by atoms with Crippen molar-refractivity contribution in [2.75, 3.05) is 5.73 Å². The largest absolute Gasteiger partial charge is 0.438 e. The maximum absolute atomic E-state index is 9.63. The van der Waals surface area contributed by atoms with Gasteiger partial charge in [-0.2, -0.15) is 5.26 Å². The van der Waals surface area contributed by atoms with E-state index in [-0.39, 0.29) is 0 Å². The maximum Gasteiger partial charge on any atom is 0.224 e. The van der Waals surface area contributed by atoms with Gasteiger partial charge in [0.2, 0.25) is 5.88 Å². The molecular weight excluding hydrogens is 346 g/mol. The topological polar surface area (TPSA) is 64.0 Å². The summed E-state index contributed by atoms with van der Waals surface area (Å²) in [4.78, 5) is 0. The molecule has 3 aromatic carbocycles. The molecule has 0 fully saturated rings. The summed E-state index contributed by atoms with van der Waals surface area (Å²) in [5.74, 6) is 1.24. The molecule has 4 nitrogen and oxygen atoms in total. The molecule has 0 saturated heterocycles. The van der Waals surface area contributed by atoms with Crippen LogP contribution in [0.4, 0.5) is 5.69 Å². The predicted octanol–water partition coefficient (Wildman–Crippen LogP) is 5.55. The number of rotatable bonds is 4. The summed E-state index contributed by atoms with van der Waals surface area (Å²) in [6.07, 6.45) is 0. The van der Waals surface area contributed by atoms with Gasteiger partial charge in [0.1, 0.15) is 17.5 Å². The second-order valence-corrected chi connectivity index (χ2v) is 7.00. The van der Waals surface area contributed by atoms with Crippen LogP contribution in [0.1, 0.15) is 22.4 Å². The lowest BCUT2D eigenvalue weighted by Gasteiger charge is -2.15. The zero-order valence-electron chi connectivity index (χ0n) is 15.9. The summed E-state index contributed by atoms with van der Waals surface area (Å²) in [6, 6.07) is 24.4. The van der Waals surface area contributed by atoms with E-state index in [0.717, 1.165) is 33.2 Å². The first-order valence-corrected chi connectivity index (χ1v) is 9.17. The number of nitrogens with zero attached hydrogens (tertiary/aromatic N) is 2. The molecule has 1 heterocycles. The highest BCUT2D eigenvalue weighted by Crippen LogP contribution is 2.34. The van der Waals surface area contributed by atoms with Gasteiger partial charge in [0.05, 0.1) is 12.2 Å². The van der Waals surface area contributed by atoms with Crippen LogP contribution in [0.15, 0.2) is 66.7 Å². The number of nitriles is 1. The van der Waals surface area contributed by atoms with E-state index in [1.54, 1.807) is 6.07 Å². The van der Waals surface area contributed by atoms with Crippen molar-refractivity contribution in [3.8, 4) is 17.7 Å². The van der Waals surface area contributed by atoms with Gasteiger partial charge < -0.3 is 10.5 Å². The van der Waals surface area contributed by atoms with Crippen molar-refractivity contribution in [1.29, 1.82) is 5.26 Å². The van der Waals surface area contributed by atoms with Crippen molar-refractivity contribution in [3.63, 3.8) is 0 Å². The minimum absolute atomic E-state index is 0.456. The van der Waals surface area contributed by atoms with E-state index in [9.17, 15) is 5.26 Å². The molecule has 0 amide bonds. The number of nitrogen functional groups attached to an aromatic ring is 1. The third kappa shape index (κ3) is 3.19. The molecule has 0 aliphatic carbocycles. The van der Waals surface area contributed by atoms with Gasteiger partial charge in [-0.15, -0.1) is 0 Å². The fourth-order valence-corrected chi connectivity index (χ4v) is 3.44. The number of hydrogen-bond donors (Lipinski definition) is 1. The molecule has 1 aromatic heterocycles. The van der Waals surface area contributed by atoms with Crippen molar-refractivity contribution in [1.82, 2.24) is 4.57 Å². The maximum atomic E-state index is 9.63. The van der Waals surface area contributed by atoms with Crippen molar-refractivity contribution >= 4 is 16.5 Å². The normalized spacial score (nSPS) is 10.8. The van der Waals surface area contributed by atoms with Crippen molar-refractivity contribution in [2.24, 2.45) is 0 Å². The lowest BCUT2D eigenvalue weighted by Crippen LogP contribution is -2.06. The molecule has 4 heteroatoms. The average Bonchev–Trinajstić information content (AvgIpc) is 3.00. The summed E-state index contributed by atoms with van der Waals surface area (Å²) in [5, 5.41) is 11.9. The summed E-state index contributed by atoms with van der Waals surface area (Å²) in [5.41, 5.74) is 10.4. The van der Waals surface area contributed by atoms with Gasteiger partial charge >= 0.3 is 0 Å². The highest BCUT2D eigenvalue weighted by atomic mass is 16.5. The molecule has 138 valence electrons. The number of anilines is 1. The molecule has 0 atom stereocenters. The van der Waals surface area contributed by atoms with Gasteiger partial charge in [0.25, 0.3) is 0 Å². The molecule has 0 spiro atoms. The standard InChI is InChI=1S/C24H21N3O/c1-16-10-11-17(2)23(12-16)28-24-22(26)13-20(14-25)27(24)15-19-8-5-7-18-6-3-4-9-21(18)19/h3-13H,15,26H2,1-2H3. The Hall–Kier alpha value is -3.71. The number of aromatic nitrogens is 1. The Kier molecular flexibility index (Phi) is 4.50. The average molecular weight is 367 g/mol. The van der Waals surface area contributed by atoms with E-state index in [2.05, 4.69) is 30.3 Å². The number of aryl methyl sites for hydroxylation is 2. The molecule has 0 saturated carbocycles. The molecule has 4 aromatic rings. The highest BCUT2D eigenvalue weighted by Gasteiger charge is 2.17. The monoisotopic (exact) mass is 367 g/mol. The predicted molar refractivity (Wildman–Crippen MR) is 113 cm³/mol. The number of hydrogen-bond acceptors (Lipinski definition) is 3. The zero-order valence-corrected chi connectivity index (χ0v) is 15.9. The number of fused-ring (bicyclic) bond motifs is 1. The van der Waals surface area contributed by atoms with E-state index in [1.807, 2.05) is 54.8 Å². The first-order chi connectivity index (χ1) is 13.6. The minimum atomic E-state index is 0.456. The van der Waals surface area contributed by atoms with Crippen LogP contribution in [0.3, 0.4) is 0 Å². The first kappa shape index (κ1) is 17.7. The molecular formula is C24H21N3O. The Morgan fingerprint density at radius 3 is 2.61 bits per heavy atom. The fraction of sp³-hybridized carbons (Fsp3) is 0.125. The van der Waals surface area contributed by atoms with Crippen LogP contribution in [-0.4, -0.2) is 4.57 Å². The smallest absolute Gasteiger partial charge is 0.224 e. The molecule has 0 unspecified atom stereocenters. The number of benzene rings is 3. The Bertz CT molecular complexity index is 1210. The van der Waals surface area contributed by atoms with Crippen LogP contribution in [0.2, 0.25) is 0 Å². The Morgan fingerprint density at radius 1 is 1.00 bits per heavy atom. The zero-order chi connectivity index (χ0) is 19.7. The molecule has 0 aliphatic rings.